The molecule has 0 aromatic heterocycles. The zero-order valence-corrected chi connectivity index (χ0v) is 13.6. The smallest absolute Gasteiger partial charge is 0.102 e. The zero-order valence-electron chi connectivity index (χ0n) is 13.6. The van der Waals surface area contributed by atoms with Crippen LogP contribution >= 0.6 is 0 Å². The summed E-state index contributed by atoms with van der Waals surface area (Å²) in [6, 6.07) is 16.0. The Kier molecular flexibility index (Phi) is 4.67. The first-order chi connectivity index (χ1) is 10.3. The molecule has 0 fully saturated rings. The van der Waals surface area contributed by atoms with E-state index in [1.165, 1.54) is 10.5 Å². The van der Waals surface area contributed by atoms with E-state index in [0.29, 0.717) is 0 Å². The van der Waals surface area contributed by atoms with Gasteiger partial charge in [0.05, 0.1) is 20.1 Å². The van der Waals surface area contributed by atoms with Gasteiger partial charge < -0.3 is 14.8 Å². The average molecular weight is 297 g/mol. The highest BCUT2D eigenvalue weighted by Crippen LogP contribution is 2.33. The average Bonchev–Trinajstić information content (AvgIpc) is 2.47. The van der Waals surface area contributed by atoms with Gasteiger partial charge in [0, 0.05) is 11.0 Å². The summed E-state index contributed by atoms with van der Waals surface area (Å²) in [5.74, 6) is -1.06. The topological polar surface area (TPSA) is 44.6 Å². The molecule has 1 N–H and O–H groups in total. The number of quaternary nitrogens is 1. The number of carbonyl (C=O) groups excluding carboxylic acids is 1. The van der Waals surface area contributed by atoms with Gasteiger partial charge in [-0.05, 0) is 16.7 Å². The van der Waals surface area contributed by atoms with Crippen molar-refractivity contribution >= 4 is 5.97 Å². The second-order valence-corrected chi connectivity index (χ2v) is 6.54. The number of benzene rings is 2. The highest BCUT2D eigenvalue weighted by atomic mass is 16.4. The summed E-state index contributed by atoms with van der Waals surface area (Å²) in [7, 11) is 4.23. The van der Waals surface area contributed by atoms with Crippen molar-refractivity contribution in [3.05, 3.63) is 59.7 Å². The van der Waals surface area contributed by atoms with Crippen molar-refractivity contribution in [1.82, 2.24) is 0 Å². The molecule has 0 unspecified atom stereocenters. The van der Waals surface area contributed by atoms with Crippen LogP contribution in [-0.4, -0.2) is 20.1 Å². The van der Waals surface area contributed by atoms with Gasteiger partial charge in [0.2, 0.25) is 0 Å². The van der Waals surface area contributed by atoms with Gasteiger partial charge in [0.1, 0.15) is 6.54 Å². The van der Waals surface area contributed by atoms with Crippen LogP contribution in [0.1, 0.15) is 25.0 Å². The van der Waals surface area contributed by atoms with Crippen LogP contribution in [-0.2, 0) is 16.8 Å². The predicted molar refractivity (Wildman–Crippen MR) is 86.4 cm³/mol. The van der Waals surface area contributed by atoms with Crippen molar-refractivity contribution in [1.29, 1.82) is 0 Å². The lowest BCUT2D eigenvalue weighted by atomic mass is 9.80. The molecule has 2 aromatic carbocycles. The summed E-state index contributed by atoms with van der Waals surface area (Å²) in [4.78, 5) is 12.8. The Morgan fingerprint density at radius 2 is 1.64 bits per heavy atom. The van der Waals surface area contributed by atoms with E-state index in [1.54, 1.807) is 13.8 Å². The zero-order chi connectivity index (χ0) is 16.3. The van der Waals surface area contributed by atoms with Crippen LogP contribution in [0.15, 0.2) is 48.5 Å². The van der Waals surface area contributed by atoms with Gasteiger partial charge >= 0.3 is 0 Å². The molecule has 0 heterocycles. The maximum Gasteiger partial charge on any atom is 0.102 e. The van der Waals surface area contributed by atoms with Gasteiger partial charge in [-0.1, -0.05) is 62.4 Å². The summed E-state index contributed by atoms with van der Waals surface area (Å²) in [6.45, 7) is 4.34. The third-order valence-electron chi connectivity index (χ3n) is 3.93. The standard InChI is InChI=1S/C19H23NO2/c1-19(2,18(21)22)17-8-6-5-7-16(17)15-11-9-14(10-12-15)13-20(3)4/h5-12H,13H2,1-4H3,(H,21,22). The molecule has 0 spiro atoms. The monoisotopic (exact) mass is 297 g/mol. The van der Waals surface area contributed by atoms with Crippen LogP contribution in [0, 0.1) is 0 Å². The summed E-state index contributed by atoms with van der Waals surface area (Å²) in [5, 5.41) is 11.5. The Balaban J connectivity index is 2.43. The van der Waals surface area contributed by atoms with Gasteiger partial charge in [-0.2, -0.15) is 0 Å². The van der Waals surface area contributed by atoms with E-state index in [2.05, 4.69) is 38.4 Å². The van der Waals surface area contributed by atoms with Crippen molar-refractivity contribution in [2.24, 2.45) is 0 Å². The van der Waals surface area contributed by atoms with Gasteiger partial charge in [-0.3, -0.25) is 0 Å². The normalized spacial score (nSPS) is 11.7. The molecule has 0 saturated carbocycles. The van der Waals surface area contributed by atoms with Crippen LogP contribution in [0.5, 0.6) is 0 Å². The molecular weight excluding hydrogens is 274 g/mol. The quantitative estimate of drug-likeness (QED) is 0.896. The van der Waals surface area contributed by atoms with Crippen molar-refractivity contribution in [2.45, 2.75) is 25.8 Å². The summed E-state index contributed by atoms with van der Waals surface area (Å²) < 4.78 is 0. The number of carboxylic acids is 1. The minimum absolute atomic E-state index is 0.779. The van der Waals surface area contributed by atoms with Crippen molar-refractivity contribution in [2.75, 3.05) is 14.1 Å². The lowest BCUT2D eigenvalue weighted by Gasteiger charge is -2.29. The summed E-state index contributed by atoms with van der Waals surface area (Å²) >= 11 is 0. The number of carbonyl (C=O) groups is 1. The molecule has 0 radical (unpaired) electrons. The minimum Gasteiger partial charge on any atom is -0.549 e. The van der Waals surface area contributed by atoms with Crippen LogP contribution in [0.3, 0.4) is 0 Å². The summed E-state index contributed by atoms with van der Waals surface area (Å²) in [5.41, 5.74) is 2.99. The first kappa shape index (κ1) is 16.2. The molecule has 116 valence electrons. The van der Waals surface area contributed by atoms with E-state index < -0.39 is 11.4 Å². The number of aliphatic carboxylic acids is 1. The first-order valence-electron chi connectivity index (χ1n) is 7.51. The second-order valence-electron chi connectivity index (χ2n) is 6.54. The van der Waals surface area contributed by atoms with Gasteiger partial charge in [-0.15, -0.1) is 0 Å². The van der Waals surface area contributed by atoms with E-state index in [4.69, 9.17) is 0 Å². The minimum atomic E-state index is -1.06. The van der Waals surface area contributed by atoms with Crippen LogP contribution < -0.4 is 10.0 Å². The van der Waals surface area contributed by atoms with Crippen molar-refractivity contribution < 1.29 is 14.8 Å². The number of carboxylic acid groups (broad SMARTS) is 1. The Bertz CT molecular complexity index is 657. The molecule has 0 bridgehead atoms. The predicted octanol–water partition coefficient (Wildman–Crippen LogP) is 1.03. The molecule has 0 aliphatic rings. The number of rotatable bonds is 5. The highest BCUT2D eigenvalue weighted by molar-refractivity contribution is 5.83. The summed E-state index contributed by atoms with van der Waals surface area (Å²) in [6.07, 6.45) is 0. The second kappa shape index (κ2) is 6.32. The van der Waals surface area contributed by atoms with Gasteiger partial charge in [0.25, 0.3) is 0 Å². The first-order valence-corrected chi connectivity index (χ1v) is 7.51. The molecule has 0 atom stereocenters. The van der Waals surface area contributed by atoms with E-state index >= 15 is 0 Å². The van der Waals surface area contributed by atoms with Crippen molar-refractivity contribution in [3.8, 4) is 11.1 Å². The molecule has 0 saturated heterocycles. The van der Waals surface area contributed by atoms with Gasteiger partial charge in [0.15, 0.2) is 0 Å². The Morgan fingerprint density at radius 3 is 2.18 bits per heavy atom. The third kappa shape index (κ3) is 3.37. The number of hydrogen-bond donors (Lipinski definition) is 1. The van der Waals surface area contributed by atoms with Crippen molar-refractivity contribution in [3.63, 3.8) is 0 Å². The maximum atomic E-state index is 11.5. The Hall–Kier alpha value is -2.13. The van der Waals surface area contributed by atoms with E-state index in [-0.39, 0.29) is 0 Å². The van der Waals surface area contributed by atoms with Gasteiger partial charge in [-0.25, -0.2) is 0 Å². The fourth-order valence-corrected chi connectivity index (χ4v) is 2.60. The molecular formula is C19H23NO2. The third-order valence-corrected chi connectivity index (χ3v) is 3.93. The van der Waals surface area contributed by atoms with E-state index in [9.17, 15) is 9.90 Å². The Morgan fingerprint density at radius 1 is 1.05 bits per heavy atom. The maximum absolute atomic E-state index is 11.5. The van der Waals surface area contributed by atoms with Crippen LogP contribution in [0.4, 0.5) is 0 Å². The van der Waals surface area contributed by atoms with Crippen LogP contribution in [0.2, 0.25) is 0 Å². The van der Waals surface area contributed by atoms with E-state index in [1.807, 2.05) is 24.3 Å². The molecule has 2 rings (SSSR count). The SMILES string of the molecule is C[NH+](C)Cc1ccc(-c2ccccc2C(C)(C)C(=O)[O-])cc1. The molecule has 3 heteroatoms. The molecule has 0 amide bonds. The van der Waals surface area contributed by atoms with E-state index in [0.717, 1.165) is 23.2 Å². The molecule has 3 nitrogen and oxygen atoms in total. The van der Waals surface area contributed by atoms with Crippen LogP contribution in [0.25, 0.3) is 11.1 Å². The molecule has 2 aromatic rings. The number of nitrogens with one attached hydrogen (secondary N) is 1. The lowest BCUT2D eigenvalue weighted by Crippen LogP contribution is -3.04. The largest absolute Gasteiger partial charge is 0.549 e. The molecule has 0 aliphatic carbocycles. The number of hydrogen-bond acceptors (Lipinski definition) is 2. The molecule has 0 aliphatic heterocycles. The fraction of sp³-hybridized carbons (Fsp3) is 0.316. The fourth-order valence-electron chi connectivity index (χ4n) is 2.60. The Labute approximate surface area is 132 Å². The lowest BCUT2D eigenvalue weighted by molar-refractivity contribution is -0.872. The highest BCUT2D eigenvalue weighted by Gasteiger charge is 2.25. The molecule has 22 heavy (non-hydrogen) atoms.